The lowest BCUT2D eigenvalue weighted by Crippen LogP contribution is -2.52. The van der Waals surface area contributed by atoms with Crippen LogP contribution in [0.1, 0.15) is 51.3 Å². The molecule has 1 aliphatic carbocycles. The summed E-state index contributed by atoms with van der Waals surface area (Å²) in [6, 6.07) is 5.47. The molecule has 156 valence electrons. The fourth-order valence-corrected chi connectivity index (χ4v) is 5.46. The summed E-state index contributed by atoms with van der Waals surface area (Å²) in [5, 5.41) is 6.58. The second-order valence-corrected chi connectivity index (χ2v) is 9.22. The van der Waals surface area contributed by atoms with Gasteiger partial charge in [-0.2, -0.15) is 0 Å². The van der Waals surface area contributed by atoms with Crippen LogP contribution in [0.25, 0.3) is 0 Å². The summed E-state index contributed by atoms with van der Waals surface area (Å²) >= 11 is 1.65. The first-order valence-corrected chi connectivity index (χ1v) is 11.0. The van der Waals surface area contributed by atoms with Crippen molar-refractivity contribution in [2.24, 2.45) is 5.73 Å². The van der Waals surface area contributed by atoms with Gasteiger partial charge >= 0.3 is 0 Å². The number of carbonyl (C=O) groups is 3. The van der Waals surface area contributed by atoms with E-state index in [0.29, 0.717) is 25.1 Å². The predicted octanol–water partition coefficient (Wildman–Crippen LogP) is 1.33. The van der Waals surface area contributed by atoms with Gasteiger partial charge in [0, 0.05) is 36.0 Å². The van der Waals surface area contributed by atoms with Crippen LogP contribution in [0, 0.1) is 0 Å². The number of nitrogens with one attached hydrogen (secondary N) is 2. The first-order valence-electron chi connectivity index (χ1n) is 10.2. The number of rotatable bonds is 4. The Morgan fingerprint density at radius 3 is 2.93 bits per heavy atom. The minimum Gasteiger partial charge on any atom is -0.357 e. The molecule has 2 aromatic rings. The molecule has 2 aliphatic heterocycles. The molecule has 2 atom stereocenters. The highest BCUT2D eigenvalue weighted by atomic mass is 32.1. The molecule has 0 bridgehead atoms. The van der Waals surface area contributed by atoms with Crippen molar-refractivity contribution in [1.29, 1.82) is 0 Å². The van der Waals surface area contributed by atoms with E-state index in [-0.39, 0.29) is 30.2 Å². The molecule has 1 fully saturated rings. The lowest BCUT2D eigenvalue weighted by atomic mass is 9.99. The van der Waals surface area contributed by atoms with E-state index in [0.717, 1.165) is 41.2 Å². The van der Waals surface area contributed by atoms with E-state index in [1.807, 2.05) is 18.2 Å². The molecule has 3 heterocycles. The highest BCUT2D eigenvalue weighted by Crippen LogP contribution is 2.31. The van der Waals surface area contributed by atoms with Crippen LogP contribution < -0.4 is 16.4 Å². The lowest BCUT2D eigenvalue weighted by molar-refractivity contribution is -0.136. The number of hydrogen-bond donors (Lipinski definition) is 3. The van der Waals surface area contributed by atoms with Crippen molar-refractivity contribution in [2.45, 2.75) is 57.3 Å². The van der Waals surface area contributed by atoms with Crippen LogP contribution in [0.2, 0.25) is 0 Å². The van der Waals surface area contributed by atoms with Gasteiger partial charge in [0.25, 0.3) is 5.91 Å². The van der Waals surface area contributed by atoms with Crippen molar-refractivity contribution in [3.8, 4) is 0 Å². The normalized spacial score (nSPS) is 23.2. The van der Waals surface area contributed by atoms with E-state index in [1.165, 1.54) is 4.88 Å². The predicted molar refractivity (Wildman–Crippen MR) is 112 cm³/mol. The number of carbonyl (C=O) groups excluding carboxylic acids is 3. The number of amides is 3. The third-order valence-corrected chi connectivity index (χ3v) is 7.09. The Kier molecular flexibility index (Phi) is 4.79. The van der Waals surface area contributed by atoms with Gasteiger partial charge < -0.3 is 16.0 Å². The zero-order valence-electron chi connectivity index (χ0n) is 16.4. The molecule has 0 spiro atoms. The summed E-state index contributed by atoms with van der Waals surface area (Å²) in [7, 11) is 0. The molecule has 1 aromatic carbocycles. The Balaban J connectivity index is 1.27. The number of aromatic nitrogens is 1. The standard InChI is InChI=1S/C21H23N5O3S/c22-13-3-4-15-17(8-13)30-21(24-15)23-9-11-1-2-12-10-26(20(29)14(12)7-11)16-5-6-18(27)25-19(16)28/h1-2,7,13,16H,3-6,8-10,22H2,(H,23,24)(H,25,27,28)/t13-,16?/m0/s1. The Labute approximate surface area is 177 Å². The van der Waals surface area contributed by atoms with Crippen molar-refractivity contribution in [3.05, 3.63) is 45.5 Å². The number of benzene rings is 1. The molecule has 8 nitrogen and oxygen atoms in total. The van der Waals surface area contributed by atoms with Crippen molar-refractivity contribution < 1.29 is 14.4 Å². The van der Waals surface area contributed by atoms with Crippen LogP contribution in [0.3, 0.4) is 0 Å². The largest absolute Gasteiger partial charge is 0.357 e. The van der Waals surface area contributed by atoms with Crippen molar-refractivity contribution in [2.75, 3.05) is 5.32 Å². The van der Waals surface area contributed by atoms with Crippen molar-refractivity contribution in [1.82, 2.24) is 15.2 Å². The van der Waals surface area contributed by atoms with Gasteiger partial charge in [-0.15, -0.1) is 11.3 Å². The fourth-order valence-electron chi connectivity index (χ4n) is 4.37. The molecule has 0 radical (unpaired) electrons. The van der Waals surface area contributed by atoms with Gasteiger partial charge in [-0.25, -0.2) is 4.98 Å². The molecule has 1 aromatic heterocycles. The molecular formula is C21H23N5O3S. The van der Waals surface area contributed by atoms with Crippen molar-refractivity contribution >= 4 is 34.2 Å². The number of nitrogens with zero attached hydrogens (tertiary/aromatic N) is 2. The third kappa shape index (κ3) is 3.48. The third-order valence-electron chi connectivity index (χ3n) is 6.01. The number of piperidine rings is 1. The molecule has 5 rings (SSSR count). The van der Waals surface area contributed by atoms with Crippen LogP contribution >= 0.6 is 11.3 Å². The second kappa shape index (κ2) is 7.48. The molecule has 9 heteroatoms. The van der Waals surface area contributed by atoms with Crippen LogP contribution in [0.5, 0.6) is 0 Å². The summed E-state index contributed by atoms with van der Waals surface area (Å²) < 4.78 is 0. The summed E-state index contributed by atoms with van der Waals surface area (Å²) in [6.07, 6.45) is 3.43. The fraction of sp³-hybridized carbons (Fsp3) is 0.429. The Morgan fingerprint density at radius 1 is 1.23 bits per heavy atom. The van der Waals surface area contributed by atoms with Gasteiger partial charge in [0.2, 0.25) is 11.8 Å². The van der Waals surface area contributed by atoms with Crippen LogP contribution in [-0.2, 0) is 35.5 Å². The molecule has 1 saturated heterocycles. The minimum atomic E-state index is -0.586. The molecule has 1 unspecified atom stereocenters. The highest BCUT2D eigenvalue weighted by molar-refractivity contribution is 7.15. The summed E-state index contributed by atoms with van der Waals surface area (Å²) in [6.45, 7) is 0.963. The van der Waals surface area contributed by atoms with Crippen LogP contribution in [0.15, 0.2) is 18.2 Å². The monoisotopic (exact) mass is 425 g/mol. The lowest BCUT2D eigenvalue weighted by Gasteiger charge is -2.29. The zero-order chi connectivity index (χ0) is 20.8. The molecule has 30 heavy (non-hydrogen) atoms. The summed E-state index contributed by atoms with van der Waals surface area (Å²) in [5.41, 5.74) is 9.72. The minimum absolute atomic E-state index is 0.153. The molecule has 0 saturated carbocycles. The highest BCUT2D eigenvalue weighted by Gasteiger charge is 2.39. The zero-order valence-corrected chi connectivity index (χ0v) is 17.3. The Morgan fingerprint density at radius 2 is 2.10 bits per heavy atom. The number of nitrogens with two attached hydrogens (primary N) is 1. The van der Waals surface area contributed by atoms with E-state index >= 15 is 0 Å². The van der Waals surface area contributed by atoms with Crippen LogP contribution in [-0.4, -0.2) is 39.7 Å². The quantitative estimate of drug-likeness (QED) is 0.636. The summed E-state index contributed by atoms with van der Waals surface area (Å²) in [4.78, 5) is 44.0. The maximum Gasteiger partial charge on any atom is 0.255 e. The van der Waals surface area contributed by atoms with Gasteiger partial charge in [-0.1, -0.05) is 12.1 Å². The van der Waals surface area contributed by atoms with E-state index < -0.39 is 6.04 Å². The van der Waals surface area contributed by atoms with E-state index in [9.17, 15) is 14.4 Å². The number of anilines is 1. The topological polar surface area (TPSA) is 117 Å². The van der Waals surface area contributed by atoms with E-state index in [4.69, 9.17) is 5.73 Å². The van der Waals surface area contributed by atoms with Gasteiger partial charge in [0.1, 0.15) is 6.04 Å². The van der Waals surface area contributed by atoms with E-state index in [1.54, 1.807) is 16.2 Å². The molecular weight excluding hydrogens is 402 g/mol. The maximum atomic E-state index is 12.9. The molecule has 4 N–H and O–H groups in total. The second-order valence-electron chi connectivity index (χ2n) is 8.14. The van der Waals surface area contributed by atoms with Gasteiger partial charge in [0.05, 0.1) is 5.69 Å². The summed E-state index contributed by atoms with van der Waals surface area (Å²) in [5.74, 6) is -0.818. The first kappa shape index (κ1) is 19.2. The number of thiazole rings is 1. The molecule has 3 amide bonds. The maximum absolute atomic E-state index is 12.9. The number of fused-ring (bicyclic) bond motifs is 2. The van der Waals surface area contributed by atoms with Gasteiger partial charge in [-0.3, -0.25) is 19.7 Å². The number of imide groups is 1. The average molecular weight is 426 g/mol. The van der Waals surface area contributed by atoms with Gasteiger partial charge in [-0.05, 0) is 42.9 Å². The number of aryl methyl sites for hydroxylation is 1. The Bertz CT molecular complexity index is 1050. The van der Waals surface area contributed by atoms with Gasteiger partial charge in [0.15, 0.2) is 5.13 Å². The SMILES string of the molecule is N[C@H]1CCc2nc(NCc3ccc4c(c3)C(=O)N(C3CCC(=O)NC3=O)C4)sc2C1. The molecule has 3 aliphatic rings. The van der Waals surface area contributed by atoms with E-state index in [2.05, 4.69) is 15.6 Å². The van der Waals surface area contributed by atoms with Crippen LogP contribution in [0.4, 0.5) is 5.13 Å². The smallest absolute Gasteiger partial charge is 0.255 e. The Hall–Kier alpha value is -2.78. The van der Waals surface area contributed by atoms with Crippen molar-refractivity contribution in [3.63, 3.8) is 0 Å². The average Bonchev–Trinajstić information content (AvgIpc) is 3.27. The first-order chi connectivity index (χ1) is 14.5. The number of hydrogen-bond acceptors (Lipinski definition) is 7.